The highest BCUT2D eigenvalue weighted by Gasteiger charge is 1.98. The first-order valence-corrected chi connectivity index (χ1v) is 3.01. The number of quaternary nitrogens is 1. The van der Waals surface area contributed by atoms with Gasteiger partial charge < -0.3 is 10.2 Å². The van der Waals surface area contributed by atoms with Gasteiger partial charge in [-0.3, -0.25) is 4.79 Å². The summed E-state index contributed by atoms with van der Waals surface area (Å²) in [4.78, 5) is 12.2. The van der Waals surface area contributed by atoms with Crippen molar-refractivity contribution in [1.29, 1.82) is 0 Å². The summed E-state index contributed by atoms with van der Waals surface area (Å²) in [7, 11) is 5.34. The first-order chi connectivity index (χ1) is 4.18. The Bertz CT molecular complexity index is 93.1. The standard InChI is InChI=1S/C6H14N2O/c1-6(9)8(3)5-4-7-2/h2,4-5,7H2,1,3H3. The lowest BCUT2D eigenvalue weighted by molar-refractivity contribution is -0.594. The van der Waals surface area contributed by atoms with Crippen LogP contribution in [0.15, 0.2) is 0 Å². The number of carbonyl (C=O) groups excluding carboxylic acids is 1. The number of rotatable bonds is 3. The van der Waals surface area contributed by atoms with E-state index >= 15 is 0 Å². The predicted octanol–water partition coefficient (Wildman–Crippen LogP) is -1.18. The molecule has 0 unspecified atom stereocenters. The minimum Gasteiger partial charge on any atom is -0.477 e. The molecule has 0 aliphatic heterocycles. The number of nitrogens with two attached hydrogens (primary N) is 1. The van der Waals surface area contributed by atoms with Crippen molar-refractivity contribution in [3.63, 3.8) is 0 Å². The van der Waals surface area contributed by atoms with Gasteiger partial charge in [0.25, 0.3) is 0 Å². The third-order valence-corrected chi connectivity index (χ3v) is 1.21. The van der Waals surface area contributed by atoms with Crippen LogP contribution in [0.2, 0.25) is 0 Å². The Morgan fingerprint density at radius 2 is 2.33 bits per heavy atom. The number of nitrogens with zero attached hydrogens (tertiary/aromatic N) is 1. The molecule has 0 radical (unpaired) electrons. The van der Waals surface area contributed by atoms with Crippen LogP contribution < -0.4 is 5.32 Å². The number of hydrogen-bond acceptors (Lipinski definition) is 1. The van der Waals surface area contributed by atoms with E-state index in [1.54, 1.807) is 24.2 Å². The molecule has 0 aromatic heterocycles. The summed E-state index contributed by atoms with van der Waals surface area (Å²) in [6.45, 7) is 3.21. The lowest BCUT2D eigenvalue weighted by atomic mass is 10.5. The van der Waals surface area contributed by atoms with Crippen molar-refractivity contribution in [1.82, 2.24) is 4.90 Å². The van der Waals surface area contributed by atoms with Gasteiger partial charge in [0.1, 0.15) is 0 Å². The van der Waals surface area contributed by atoms with Crippen molar-refractivity contribution >= 4 is 5.91 Å². The average Bonchev–Trinajstić information content (AvgIpc) is 1.82. The summed E-state index contributed by atoms with van der Waals surface area (Å²) in [6, 6.07) is 0. The van der Waals surface area contributed by atoms with Gasteiger partial charge in [-0.15, -0.1) is 0 Å². The van der Waals surface area contributed by atoms with Gasteiger partial charge in [-0.05, 0) is 0 Å². The van der Waals surface area contributed by atoms with Gasteiger partial charge in [-0.25, -0.2) is 0 Å². The lowest BCUT2D eigenvalue weighted by Gasteiger charge is -2.13. The summed E-state index contributed by atoms with van der Waals surface area (Å²) in [6.07, 6.45) is 0. The molecule has 0 aliphatic carbocycles. The number of likely N-dealkylation sites (N-methyl/N-ethyl adjacent to an activating group) is 1. The molecule has 0 rings (SSSR count). The summed E-state index contributed by atoms with van der Waals surface area (Å²) in [5.41, 5.74) is 0. The minimum atomic E-state index is 0.108. The fourth-order valence-corrected chi connectivity index (χ4v) is 0.442. The van der Waals surface area contributed by atoms with E-state index in [0.717, 1.165) is 13.1 Å². The van der Waals surface area contributed by atoms with Gasteiger partial charge >= 0.3 is 0 Å². The predicted molar refractivity (Wildman–Crippen MR) is 35.5 cm³/mol. The second-order valence-corrected chi connectivity index (χ2v) is 2.02. The summed E-state index contributed by atoms with van der Waals surface area (Å²) in [5, 5.41) is 1.80. The van der Waals surface area contributed by atoms with Crippen LogP contribution in [-0.2, 0) is 4.79 Å². The molecule has 0 aromatic carbocycles. The number of carbonyl (C=O) groups is 1. The van der Waals surface area contributed by atoms with E-state index in [1.165, 1.54) is 0 Å². The van der Waals surface area contributed by atoms with Crippen LogP contribution in [0.25, 0.3) is 0 Å². The maximum Gasteiger partial charge on any atom is 0.219 e. The van der Waals surface area contributed by atoms with Crippen LogP contribution in [-0.4, -0.2) is 30.9 Å². The largest absolute Gasteiger partial charge is 0.477 e. The molecular weight excluding hydrogens is 116 g/mol. The zero-order chi connectivity index (χ0) is 7.28. The molecule has 0 saturated carbocycles. The molecule has 0 spiro atoms. The molecule has 3 nitrogen and oxygen atoms in total. The highest BCUT2D eigenvalue weighted by atomic mass is 16.2. The summed E-state index contributed by atoms with van der Waals surface area (Å²) >= 11 is 0. The van der Waals surface area contributed by atoms with Gasteiger partial charge in [0, 0.05) is 14.0 Å². The smallest absolute Gasteiger partial charge is 0.219 e. The molecule has 9 heavy (non-hydrogen) atoms. The van der Waals surface area contributed by atoms with Gasteiger partial charge in [-0.1, -0.05) is 0 Å². The monoisotopic (exact) mass is 130 g/mol. The highest BCUT2D eigenvalue weighted by Crippen LogP contribution is 1.77. The van der Waals surface area contributed by atoms with E-state index in [1.807, 2.05) is 0 Å². The first kappa shape index (κ1) is 8.43. The molecule has 2 N–H and O–H groups in total. The number of amides is 1. The van der Waals surface area contributed by atoms with E-state index in [4.69, 9.17) is 0 Å². The van der Waals surface area contributed by atoms with Gasteiger partial charge in [0.2, 0.25) is 5.91 Å². The van der Waals surface area contributed by atoms with E-state index in [0.29, 0.717) is 0 Å². The highest BCUT2D eigenvalue weighted by molar-refractivity contribution is 5.72. The third kappa shape index (κ3) is 3.97. The molecule has 0 aliphatic rings. The van der Waals surface area contributed by atoms with Crippen molar-refractivity contribution in [2.24, 2.45) is 0 Å². The fourth-order valence-electron chi connectivity index (χ4n) is 0.442. The normalized spacial score (nSPS) is 9.22. The Hall–Kier alpha value is -0.570. The average molecular weight is 130 g/mol. The zero-order valence-corrected chi connectivity index (χ0v) is 6.05. The second kappa shape index (κ2) is 4.32. The van der Waals surface area contributed by atoms with Gasteiger partial charge in [0.15, 0.2) is 0 Å². The van der Waals surface area contributed by atoms with Crippen LogP contribution in [0.4, 0.5) is 0 Å². The van der Waals surface area contributed by atoms with E-state index in [9.17, 15) is 4.79 Å². The van der Waals surface area contributed by atoms with Crippen LogP contribution >= 0.6 is 0 Å². The maximum absolute atomic E-state index is 10.5. The molecule has 0 atom stereocenters. The number of hydrogen-bond donors (Lipinski definition) is 1. The molecular formula is C6H14N2O. The van der Waals surface area contributed by atoms with Crippen molar-refractivity contribution < 1.29 is 10.1 Å². The fraction of sp³-hybridized carbons (Fsp3) is 0.667. The topological polar surface area (TPSA) is 36.9 Å². The van der Waals surface area contributed by atoms with Gasteiger partial charge in [-0.2, -0.15) is 7.05 Å². The van der Waals surface area contributed by atoms with Crippen molar-refractivity contribution in [2.75, 3.05) is 20.1 Å². The molecule has 0 aromatic rings. The SMILES string of the molecule is [CH2-][NH2+]CCN(C)C(C)=O. The first-order valence-electron chi connectivity index (χ1n) is 3.01. The molecule has 1 amide bonds. The third-order valence-electron chi connectivity index (χ3n) is 1.21. The van der Waals surface area contributed by atoms with E-state index in [2.05, 4.69) is 7.05 Å². The van der Waals surface area contributed by atoms with Crippen molar-refractivity contribution in [3.8, 4) is 0 Å². The quantitative estimate of drug-likeness (QED) is 0.480. The molecule has 0 saturated heterocycles. The summed E-state index contributed by atoms with van der Waals surface area (Å²) in [5.74, 6) is 0.108. The zero-order valence-electron chi connectivity index (χ0n) is 6.05. The van der Waals surface area contributed by atoms with Gasteiger partial charge in [0.05, 0.1) is 13.1 Å². The van der Waals surface area contributed by atoms with Crippen molar-refractivity contribution in [2.45, 2.75) is 6.92 Å². The Morgan fingerprint density at radius 1 is 1.78 bits per heavy atom. The van der Waals surface area contributed by atoms with Crippen LogP contribution in [0.3, 0.4) is 0 Å². The minimum absolute atomic E-state index is 0.108. The molecule has 0 heterocycles. The van der Waals surface area contributed by atoms with E-state index in [-0.39, 0.29) is 5.91 Å². The molecule has 54 valence electrons. The molecule has 0 fully saturated rings. The van der Waals surface area contributed by atoms with Crippen LogP contribution in [0.5, 0.6) is 0 Å². The van der Waals surface area contributed by atoms with Crippen LogP contribution in [0.1, 0.15) is 6.92 Å². The van der Waals surface area contributed by atoms with E-state index < -0.39 is 0 Å². The molecule has 0 bridgehead atoms. The lowest BCUT2D eigenvalue weighted by Crippen LogP contribution is -2.78. The Kier molecular flexibility index (Phi) is 4.05. The Balaban J connectivity index is 3.27. The van der Waals surface area contributed by atoms with Crippen molar-refractivity contribution in [3.05, 3.63) is 7.05 Å². The van der Waals surface area contributed by atoms with Crippen LogP contribution in [0, 0.1) is 7.05 Å². The summed E-state index contributed by atoms with van der Waals surface area (Å²) < 4.78 is 0. The maximum atomic E-state index is 10.5. The molecule has 3 heteroatoms. The Labute approximate surface area is 56.0 Å². The Morgan fingerprint density at radius 3 is 2.67 bits per heavy atom. The second-order valence-electron chi connectivity index (χ2n) is 2.02.